The van der Waals surface area contributed by atoms with Crippen LogP contribution in [-0.4, -0.2) is 23.8 Å². The second-order valence-corrected chi connectivity index (χ2v) is 4.11. The summed E-state index contributed by atoms with van der Waals surface area (Å²) in [5.74, 6) is -1.05. The van der Waals surface area contributed by atoms with E-state index in [1.165, 1.54) is 6.08 Å². The maximum absolute atomic E-state index is 11.5. The second-order valence-electron chi connectivity index (χ2n) is 3.70. The zero-order chi connectivity index (χ0) is 14.3. The molecule has 0 bridgehead atoms. The fourth-order valence-corrected chi connectivity index (χ4v) is 1.76. The number of aliphatic carboxylic acids is 1. The zero-order valence-electron chi connectivity index (χ0n) is 10.1. The molecule has 1 aromatic carbocycles. The number of nitrogens with one attached hydrogen (secondary N) is 1. The molecule has 0 saturated carbocycles. The highest BCUT2D eigenvalue weighted by molar-refractivity contribution is 6.31. The molecular weight excluding hydrogens is 270 g/mol. The minimum absolute atomic E-state index is 0.0497. The van der Waals surface area contributed by atoms with Crippen LogP contribution in [0, 0.1) is 0 Å². The summed E-state index contributed by atoms with van der Waals surface area (Å²) in [6.45, 7) is 3.46. The first-order valence-electron chi connectivity index (χ1n) is 5.55. The van der Waals surface area contributed by atoms with Crippen LogP contribution in [-0.2, 0) is 9.53 Å². The number of ether oxygens (including phenoxy) is 1. The predicted octanol–water partition coefficient (Wildman–Crippen LogP) is 2.77. The average molecular weight is 284 g/mol. The molecule has 1 amide bonds. The smallest absolute Gasteiger partial charge is 0.407 e. The molecule has 0 heterocycles. The lowest BCUT2D eigenvalue weighted by molar-refractivity contribution is -0.137. The SMILES string of the molecule is C=CCOC(=O)NC(CC(=O)O)c1ccccc1Cl. The van der Waals surface area contributed by atoms with Crippen molar-refractivity contribution in [2.45, 2.75) is 12.5 Å². The van der Waals surface area contributed by atoms with E-state index in [1.807, 2.05) is 0 Å². The molecule has 0 aliphatic carbocycles. The molecule has 2 N–H and O–H groups in total. The molecule has 0 saturated heterocycles. The summed E-state index contributed by atoms with van der Waals surface area (Å²) in [6, 6.07) is 5.97. The Hall–Kier alpha value is -2.01. The third kappa shape index (κ3) is 5.01. The molecule has 1 atom stereocenters. The lowest BCUT2D eigenvalue weighted by Crippen LogP contribution is -2.31. The van der Waals surface area contributed by atoms with Gasteiger partial charge in [-0.25, -0.2) is 4.79 Å². The number of benzene rings is 1. The molecule has 6 heteroatoms. The first-order chi connectivity index (χ1) is 9.04. The van der Waals surface area contributed by atoms with Crippen LogP contribution in [0.1, 0.15) is 18.0 Å². The van der Waals surface area contributed by atoms with Gasteiger partial charge in [-0.1, -0.05) is 42.5 Å². The van der Waals surface area contributed by atoms with Crippen molar-refractivity contribution < 1.29 is 19.4 Å². The van der Waals surface area contributed by atoms with Crippen LogP contribution >= 0.6 is 11.6 Å². The lowest BCUT2D eigenvalue weighted by Gasteiger charge is -2.18. The first kappa shape index (κ1) is 15.0. The Morgan fingerprint density at radius 2 is 2.16 bits per heavy atom. The zero-order valence-corrected chi connectivity index (χ0v) is 10.9. The number of amides is 1. The van der Waals surface area contributed by atoms with Gasteiger partial charge in [0.05, 0.1) is 12.5 Å². The Balaban J connectivity index is 2.83. The Bertz CT molecular complexity index is 475. The van der Waals surface area contributed by atoms with Crippen LogP contribution in [0.25, 0.3) is 0 Å². The summed E-state index contributed by atoms with van der Waals surface area (Å²) >= 11 is 5.99. The topological polar surface area (TPSA) is 75.6 Å². The van der Waals surface area contributed by atoms with Gasteiger partial charge in [0.15, 0.2) is 0 Å². The second kappa shape index (κ2) is 7.43. The summed E-state index contributed by atoms with van der Waals surface area (Å²) in [5, 5.41) is 11.7. The van der Waals surface area contributed by atoms with Crippen molar-refractivity contribution in [3.63, 3.8) is 0 Å². The summed E-state index contributed by atoms with van der Waals surface area (Å²) in [7, 11) is 0. The number of alkyl carbamates (subject to hydrolysis) is 1. The largest absolute Gasteiger partial charge is 0.481 e. The molecule has 0 radical (unpaired) electrons. The monoisotopic (exact) mass is 283 g/mol. The maximum Gasteiger partial charge on any atom is 0.407 e. The lowest BCUT2D eigenvalue weighted by atomic mass is 10.0. The molecule has 5 nitrogen and oxygen atoms in total. The van der Waals surface area contributed by atoms with Crippen LogP contribution in [0.2, 0.25) is 5.02 Å². The summed E-state index contributed by atoms with van der Waals surface area (Å²) < 4.78 is 4.76. The molecule has 0 aliphatic heterocycles. The van der Waals surface area contributed by atoms with E-state index in [4.69, 9.17) is 21.4 Å². The van der Waals surface area contributed by atoms with Gasteiger partial charge in [0.2, 0.25) is 0 Å². The maximum atomic E-state index is 11.5. The van der Waals surface area contributed by atoms with Crippen molar-refractivity contribution in [3.8, 4) is 0 Å². The molecule has 1 unspecified atom stereocenters. The average Bonchev–Trinajstić information content (AvgIpc) is 2.35. The van der Waals surface area contributed by atoms with E-state index in [9.17, 15) is 9.59 Å². The van der Waals surface area contributed by atoms with Crippen molar-refractivity contribution in [3.05, 3.63) is 47.5 Å². The molecule has 102 valence electrons. The molecular formula is C13H14ClNO4. The number of hydrogen-bond acceptors (Lipinski definition) is 3. The van der Waals surface area contributed by atoms with Gasteiger partial charge in [-0.15, -0.1) is 0 Å². The highest BCUT2D eigenvalue weighted by Crippen LogP contribution is 2.25. The van der Waals surface area contributed by atoms with E-state index < -0.39 is 18.1 Å². The van der Waals surface area contributed by atoms with Gasteiger partial charge in [-0.05, 0) is 11.6 Å². The van der Waals surface area contributed by atoms with Gasteiger partial charge in [0, 0.05) is 5.02 Å². The molecule has 1 rings (SSSR count). The van der Waals surface area contributed by atoms with Crippen molar-refractivity contribution in [2.75, 3.05) is 6.61 Å². The molecule has 0 spiro atoms. The fourth-order valence-electron chi connectivity index (χ4n) is 1.49. The van der Waals surface area contributed by atoms with Crippen molar-refractivity contribution in [2.24, 2.45) is 0 Å². The highest BCUT2D eigenvalue weighted by atomic mass is 35.5. The van der Waals surface area contributed by atoms with Crippen molar-refractivity contribution in [1.29, 1.82) is 0 Å². The van der Waals surface area contributed by atoms with Crippen LogP contribution in [0.4, 0.5) is 4.79 Å². The number of hydrogen-bond donors (Lipinski definition) is 2. The van der Waals surface area contributed by atoms with Crippen LogP contribution in [0.3, 0.4) is 0 Å². The fraction of sp³-hybridized carbons (Fsp3) is 0.231. The number of rotatable bonds is 6. The normalized spacial score (nSPS) is 11.4. The summed E-state index contributed by atoms with van der Waals surface area (Å²) in [5.41, 5.74) is 0.530. The number of carboxylic acid groups (broad SMARTS) is 1. The Morgan fingerprint density at radius 3 is 2.74 bits per heavy atom. The van der Waals surface area contributed by atoms with Crippen LogP contribution in [0.15, 0.2) is 36.9 Å². The molecule has 0 fully saturated rings. The first-order valence-corrected chi connectivity index (χ1v) is 5.92. The minimum Gasteiger partial charge on any atom is -0.481 e. The van der Waals surface area contributed by atoms with Crippen LogP contribution < -0.4 is 5.32 Å². The number of halogens is 1. The highest BCUT2D eigenvalue weighted by Gasteiger charge is 2.20. The molecule has 1 aromatic rings. The van der Waals surface area contributed by atoms with Gasteiger partial charge >= 0.3 is 12.1 Å². The van der Waals surface area contributed by atoms with Gasteiger partial charge in [0.1, 0.15) is 6.61 Å². The third-order valence-electron chi connectivity index (χ3n) is 2.28. The Morgan fingerprint density at radius 1 is 1.47 bits per heavy atom. The third-order valence-corrected chi connectivity index (χ3v) is 2.63. The van der Waals surface area contributed by atoms with Crippen molar-refractivity contribution in [1.82, 2.24) is 5.32 Å². The van der Waals surface area contributed by atoms with E-state index in [1.54, 1.807) is 24.3 Å². The standard InChI is InChI=1S/C13H14ClNO4/c1-2-7-19-13(18)15-11(8-12(16)17)9-5-3-4-6-10(9)14/h2-6,11H,1,7-8H2,(H,15,18)(H,16,17). The summed E-state index contributed by atoms with van der Waals surface area (Å²) in [6.07, 6.45) is 0.417. The summed E-state index contributed by atoms with van der Waals surface area (Å²) in [4.78, 5) is 22.3. The van der Waals surface area contributed by atoms with E-state index >= 15 is 0 Å². The molecule has 0 aromatic heterocycles. The van der Waals surface area contributed by atoms with E-state index in [0.29, 0.717) is 10.6 Å². The van der Waals surface area contributed by atoms with E-state index in [-0.39, 0.29) is 13.0 Å². The molecule has 0 aliphatic rings. The van der Waals surface area contributed by atoms with Gasteiger partial charge in [-0.3, -0.25) is 4.79 Å². The number of carbonyl (C=O) groups excluding carboxylic acids is 1. The van der Waals surface area contributed by atoms with Gasteiger partial charge < -0.3 is 15.2 Å². The van der Waals surface area contributed by atoms with E-state index in [0.717, 1.165) is 0 Å². The number of carbonyl (C=O) groups is 2. The van der Waals surface area contributed by atoms with Crippen molar-refractivity contribution >= 4 is 23.7 Å². The van der Waals surface area contributed by atoms with Crippen LogP contribution in [0.5, 0.6) is 0 Å². The van der Waals surface area contributed by atoms with Gasteiger partial charge in [0.25, 0.3) is 0 Å². The van der Waals surface area contributed by atoms with E-state index in [2.05, 4.69) is 11.9 Å². The minimum atomic E-state index is -1.05. The van der Waals surface area contributed by atoms with Gasteiger partial charge in [-0.2, -0.15) is 0 Å². The Kier molecular flexibility index (Phi) is 5.89. The quantitative estimate of drug-likeness (QED) is 0.787. The Labute approximate surface area is 115 Å². The predicted molar refractivity (Wildman–Crippen MR) is 71.1 cm³/mol. The number of carboxylic acids is 1. The molecule has 19 heavy (non-hydrogen) atoms.